The summed E-state index contributed by atoms with van der Waals surface area (Å²) in [5.41, 5.74) is 5.05. The summed E-state index contributed by atoms with van der Waals surface area (Å²) < 4.78 is 2.04. The molecule has 0 aromatic carbocycles. The monoisotopic (exact) mass is 246 g/mol. The molecule has 92 valence electrons. The van der Waals surface area contributed by atoms with Crippen LogP contribution in [0.5, 0.6) is 0 Å². The Morgan fingerprint density at radius 1 is 0.789 bits per heavy atom. The average Bonchev–Trinajstić information content (AvgIpc) is 2.66. The van der Waals surface area contributed by atoms with E-state index >= 15 is 0 Å². The van der Waals surface area contributed by atoms with Gasteiger partial charge < -0.3 is 0 Å². The lowest BCUT2D eigenvalue weighted by molar-refractivity contribution is -0.671. The van der Waals surface area contributed by atoms with Crippen LogP contribution in [0.25, 0.3) is 23.3 Å². The Labute approximate surface area is 113 Å². The molecule has 0 radical (unpaired) electrons. The van der Waals surface area contributed by atoms with Gasteiger partial charge in [-0.3, -0.25) is 0 Å². The first kappa shape index (κ1) is 11.7. The lowest BCUT2D eigenvalue weighted by Gasteiger charge is -1.95. The standard InChI is InChI=1S/C18H16N/c1-19-13-11-15(12-14-19)7-8-17-10-9-16-5-3-2-4-6-18(16)17/h2-14H,1H3/q+1/b8-7+. The van der Waals surface area contributed by atoms with E-state index < -0.39 is 0 Å². The Morgan fingerprint density at radius 2 is 1.58 bits per heavy atom. The van der Waals surface area contributed by atoms with Crippen LogP contribution in [-0.4, -0.2) is 0 Å². The van der Waals surface area contributed by atoms with Gasteiger partial charge in [-0.15, -0.1) is 0 Å². The van der Waals surface area contributed by atoms with Crippen LogP contribution in [0.2, 0.25) is 0 Å². The maximum Gasteiger partial charge on any atom is 0.169 e. The first-order chi connectivity index (χ1) is 9.33. The summed E-state index contributed by atoms with van der Waals surface area (Å²) in [6.45, 7) is 0. The van der Waals surface area contributed by atoms with Crippen molar-refractivity contribution in [1.29, 1.82) is 0 Å². The first-order valence-electron chi connectivity index (χ1n) is 6.44. The Kier molecular flexibility index (Phi) is 3.11. The third kappa shape index (κ3) is 2.55. The number of nitrogens with zero attached hydrogens (tertiary/aromatic N) is 1. The lowest BCUT2D eigenvalue weighted by Crippen LogP contribution is -2.25. The fourth-order valence-corrected chi connectivity index (χ4v) is 2.19. The van der Waals surface area contributed by atoms with Crippen molar-refractivity contribution in [2.45, 2.75) is 0 Å². The molecule has 0 N–H and O–H groups in total. The fourth-order valence-electron chi connectivity index (χ4n) is 2.19. The van der Waals surface area contributed by atoms with E-state index in [1.807, 2.05) is 11.6 Å². The summed E-state index contributed by atoms with van der Waals surface area (Å²) in [5, 5.41) is 0. The van der Waals surface area contributed by atoms with Gasteiger partial charge in [0, 0.05) is 12.1 Å². The van der Waals surface area contributed by atoms with Gasteiger partial charge in [0.2, 0.25) is 0 Å². The molecule has 0 saturated heterocycles. The van der Waals surface area contributed by atoms with Crippen molar-refractivity contribution in [2.24, 2.45) is 7.05 Å². The molecule has 0 aliphatic heterocycles. The summed E-state index contributed by atoms with van der Waals surface area (Å²) in [7, 11) is 2.03. The minimum atomic E-state index is 1.22. The van der Waals surface area contributed by atoms with E-state index in [4.69, 9.17) is 0 Å². The predicted molar refractivity (Wildman–Crippen MR) is 79.6 cm³/mol. The maximum absolute atomic E-state index is 2.18. The predicted octanol–water partition coefficient (Wildman–Crippen LogP) is 3.79. The highest BCUT2D eigenvalue weighted by Gasteiger charge is 2.04. The van der Waals surface area contributed by atoms with E-state index in [9.17, 15) is 0 Å². The first-order valence-corrected chi connectivity index (χ1v) is 6.44. The Balaban J connectivity index is 1.93. The minimum absolute atomic E-state index is 1.22. The molecule has 0 bridgehead atoms. The van der Waals surface area contributed by atoms with Crippen LogP contribution in [0.3, 0.4) is 0 Å². The van der Waals surface area contributed by atoms with Crippen LogP contribution < -0.4 is 4.57 Å². The normalized spacial score (nSPS) is 11.2. The van der Waals surface area contributed by atoms with E-state index in [0.717, 1.165) is 0 Å². The molecule has 1 nitrogen and oxygen atoms in total. The second-order valence-electron chi connectivity index (χ2n) is 4.70. The van der Waals surface area contributed by atoms with Crippen molar-refractivity contribution in [3.63, 3.8) is 0 Å². The number of rotatable bonds is 2. The number of pyridine rings is 1. The van der Waals surface area contributed by atoms with E-state index in [2.05, 4.69) is 79.1 Å². The third-order valence-corrected chi connectivity index (χ3v) is 3.28. The van der Waals surface area contributed by atoms with Gasteiger partial charge in [0.05, 0.1) is 0 Å². The highest BCUT2D eigenvalue weighted by atomic mass is 14.9. The molecule has 2 aliphatic carbocycles. The maximum atomic E-state index is 2.18. The van der Waals surface area contributed by atoms with Crippen molar-refractivity contribution in [3.05, 3.63) is 78.1 Å². The van der Waals surface area contributed by atoms with Crippen LogP contribution in [0.1, 0.15) is 11.1 Å². The Hall–Kier alpha value is -2.41. The van der Waals surface area contributed by atoms with E-state index in [-0.39, 0.29) is 0 Å². The van der Waals surface area contributed by atoms with Gasteiger partial charge in [-0.25, -0.2) is 4.57 Å². The van der Waals surface area contributed by atoms with Crippen molar-refractivity contribution >= 4 is 12.2 Å². The summed E-state index contributed by atoms with van der Waals surface area (Å²) in [6, 6.07) is 19.1. The highest BCUT2D eigenvalue weighted by Crippen LogP contribution is 2.28. The second kappa shape index (κ2) is 5.07. The Bertz CT molecular complexity index is 680. The molecule has 1 heterocycles. The quantitative estimate of drug-likeness (QED) is 0.606. The van der Waals surface area contributed by atoms with Gasteiger partial charge in [0.15, 0.2) is 12.4 Å². The van der Waals surface area contributed by atoms with Crippen LogP contribution in [-0.2, 0) is 7.05 Å². The molecule has 19 heavy (non-hydrogen) atoms. The summed E-state index contributed by atoms with van der Waals surface area (Å²) in [5.74, 6) is 0. The van der Waals surface area contributed by atoms with Gasteiger partial charge in [-0.1, -0.05) is 54.6 Å². The zero-order valence-corrected chi connectivity index (χ0v) is 11.0. The van der Waals surface area contributed by atoms with Gasteiger partial charge in [-0.05, 0) is 22.3 Å². The Morgan fingerprint density at radius 3 is 2.42 bits per heavy atom. The molecule has 3 rings (SSSR count). The van der Waals surface area contributed by atoms with E-state index in [1.165, 1.54) is 22.3 Å². The lowest BCUT2D eigenvalue weighted by atomic mass is 10.1. The number of hydrogen-bond donors (Lipinski definition) is 0. The molecule has 0 atom stereocenters. The molecule has 2 aliphatic rings. The van der Waals surface area contributed by atoms with Crippen LogP contribution >= 0.6 is 0 Å². The SMILES string of the molecule is C[n+]1ccc(/C=C/c2ccc3cccccc2-3)cc1. The zero-order chi connectivity index (χ0) is 13.1. The van der Waals surface area contributed by atoms with Crippen molar-refractivity contribution in [3.8, 4) is 11.1 Å². The second-order valence-corrected chi connectivity index (χ2v) is 4.70. The van der Waals surface area contributed by atoms with Crippen LogP contribution in [0.4, 0.5) is 0 Å². The number of aromatic nitrogens is 1. The summed E-state index contributed by atoms with van der Waals surface area (Å²) >= 11 is 0. The molecule has 0 amide bonds. The number of fused-ring (bicyclic) bond motifs is 1. The van der Waals surface area contributed by atoms with Gasteiger partial charge in [0.1, 0.15) is 7.05 Å². The van der Waals surface area contributed by atoms with Crippen LogP contribution in [0.15, 0.2) is 67.0 Å². The molecule has 1 aromatic heterocycles. The topological polar surface area (TPSA) is 3.88 Å². The molecular weight excluding hydrogens is 230 g/mol. The summed E-state index contributed by atoms with van der Waals surface area (Å²) in [4.78, 5) is 0. The van der Waals surface area contributed by atoms with Crippen molar-refractivity contribution in [1.82, 2.24) is 0 Å². The smallest absolute Gasteiger partial charge is 0.169 e. The van der Waals surface area contributed by atoms with Gasteiger partial charge >= 0.3 is 0 Å². The number of aryl methyl sites for hydroxylation is 1. The molecule has 0 saturated carbocycles. The molecule has 0 fully saturated rings. The molecular formula is C18H16N+. The number of hydrogen-bond acceptors (Lipinski definition) is 0. The minimum Gasteiger partial charge on any atom is -0.208 e. The molecule has 1 heteroatoms. The van der Waals surface area contributed by atoms with E-state index in [1.54, 1.807) is 0 Å². The largest absolute Gasteiger partial charge is 0.208 e. The van der Waals surface area contributed by atoms with Crippen molar-refractivity contribution in [2.75, 3.05) is 0 Å². The third-order valence-electron chi connectivity index (χ3n) is 3.28. The summed E-state index contributed by atoms with van der Waals surface area (Å²) in [6.07, 6.45) is 8.45. The van der Waals surface area contributed by atoms with Crippen molar-refractivity contribution < 1.29 is 4.57 Å². The van der Waals surface area contributed by atoms with E-state index in [0.29, 0.717) is 0 Å². The average molecular weight is 246 g/mol. The molecule has 0 unspecified atom stereocenters. The zero-order valence-electron chi connectivity index (χ0n) is 11.0. The van der Waals surface area contributed by atoms with Crippen LogP contribution in [0, 0.1) is 0 Å². The molecule has 0 spiro atoms. The van der Waals surface area contributed by atoms with Gasteiger partial charge in [-0.2, -0.15) is 0 Å². The molecule has 1 aromatic rings. The fraction of sp³-hybridized carbons (Fsp3) is 0.0556. The highest BCUT2D eigenvalue weighted by molar-refractivity contribution is 5.83. The van der Waals surface area contributed by atoms with Gasteiger partial charge in [0.25, 0.3) is 0 Å².